The van der Waals surface area contributed by atoms with Crippen LogP contribution >= 0.6 is 23.5 Å². The van der Waals surface area contributed by atoms with E-state index < -0.39 is 24.2 Å². The Morgan fingerprint density at radius 2 is 1.27 bits per heavy atom. The van der Waals surface area contributed by atoms with E-state index in [1.54, 1.807) is 30.3 Å². The van der Waals surface area contributed by atoms with E-state index in [0.29, 0.717) is 11.1 Å². The van der Waals surface area contributed by atoms with Crippen LogP contribution in [-0.4, -0.2) is 23.0 Å². The SMILES string of the molecule is O=C1OC(=O)c2cc(Sc3cccc(Sc4ccc5c(c4)C(O)OC5=O)c3)ccc21. The highest BCUT2D eigenvalue weighted by molar-refractivity contribution is 8.00. The number of hydrogen-bond donors (Lipinski definition) is 1. The first-order valence-corrected chi connectivity index (χ1v) is 10.5. The number of hydrogen-bond acceptors (Lipinski definition) is 8. The molecule has 1 unspecified atom stereocenters. The topological polar surface area (TPSA) is 89.9 Å². The number of benzene rings is 3. The third kappa shape index (κ3) is 3.39. The van der Waals surface area contributed by atoms with Crippen molar-refractivity contribution in [2.75, 3.05) is 0 Å². The van der Waals surface area contributed by atoms with Gasteiger partial charge in [0, 0.05) is 25.1 Å². The van der Waals surface area contributed by atoms with Crippen molar-refractivity contribution in [3.63, 3.8) is 0 Å². The third-order valence-corrected chi connectivity index (χ3v) is 6.58. The van der Waals surface area contributed by atoms with E-state index >= 15 is 0 Å². The normalized spacial score (nSPS) is 16.8. The first kappa shape index (κ1) is 18.9. The Morgan fingerprint density at radius 3 is 2.00 bits per heavy atom. The molecule has 30 heavy (non-hydrogen) atoms. The van der Waals surface area contributed by atoms with Gasteiger partial charge in [0.1, 0.15) is 0 Å². The molecule has 1 atom stereocenters. The number of rotatable bonds is 4. The molecule has 2 aliphatic heterocycles. The molecule has 0 aromatic heterocycles. The zero-order chi connectivity index (χ0) is 20.8. The number of ether oxygens (including phenoxy) is 2. The minimum absolute atomic E-state index is 0.281. The van der Waals surface area contributed by atoms with Crippen LogP contribution in [0.5, 0.6) is 0 Å². The number of aliphatic hydroxyl groups is 1. The number of cyclic esters (lactones) is 3. The predicted molar refractivity (Wildman–Crippen MR) is 108 cm³/mol. The van der Waals surface area contributed by atoms with Gasteiger partial charge in [0.2, 0.25) is 6.29 Å². The van der Waals surface area contributed by atoms with Gasteiger partial charge >= 0.3 is 17.9 Å². The van der Waals surface area contributed by atoms with E-state index in [9.17, 15) is 19.5 Å². The number of aliphatic hydroxyl groups excluding tert-OH is 1. The van der Waals surface area contributed by atoms with E-state index in [1.807, 2.05) is 30.3 Å². The monoisotopic (exact) mass is 436 g/mol. The Balaban J connectivity index is 1.36. The lowest BCUT2D eigenvalue weighted by atomic mass is 10.1. The Bertz CT molecular complexity index is 1240. The Kier molecular flexibility index (Phi) is 4.62. The highest BCUT2D eigenvalue weighted by atomic mass is 32.2. The number of fused-ring (bicyclic) bond motifs is 2. The van der Waals surface area contributed by atoms with Gasteiger partial charge in [-0.2, -0.15) is 0 Å². The van der Waals surface area contributed by atoms with E-state index in [2.05, 4.69) is 4.74 Å². The van der Waals surface area contributed by atoms with Gasteiger partial charge in [-0.25, -0.2) is 14.4 Å². The van der Waals surface area contributed by atoms with Gasteiger partial charge in [0.25, 0.3) is 0 Å². The average Bonchev–Trinajstić information content (AvgIpc) is 3.17. The largest absolute Gasteiger partial charge is 0.428 e. The molecule has 3 aromatic rings. The van der Waals surface area contributed by atoms with Crippen molar-refractivity contribution in [3.8, 4) is 0 Å². The zero-order valence-electron chi connectivity index (χ0n) is 15.2. The summed E-state index contributed by atoms with van der Waals surface area (Å²) in [5, 5.41) is 9.84. The fraction of sp³-hybridized carbons (Fsp3) is 0.0455. The molecule has 8 heteroatoms. The summed E-state index contributed by atoms with van der Waals surface area (Å²) in [6.45, 7) is 0. The third-order valence-electron chi connectivity index (χ3n) is 4.62. The number of esters is 3. The Labute approximate surface area is 179 Å². The van der Waals surface area contributed by atoms with Crippen LogP contribution in [0.3, 0.4) is 0 Å². The summed E-state index contributed by atoms with van der Waals surface area (Å²) < 4.78 is 9.45. The van der Waals surface area contributed by atoms with Crippen molar-refractivity contribution in [3.05, 3.63) is 82.9 Å². The quantitative estimate of drug-likeness (QED) is 0.474. The van der Waals surface area contributed by atoms with Crippen molar-refractivity contribution in [1.82, 2.24) is 0 Å². The maximum absolute atomic E-state index is 11.8. The highest BCUT2D eigenvalue weighted by Crippen LogP contribution is 2.37. The molecule has 0 radical (unpaired) electrons. The molecule has 2 heterocycles. The van der Waals surface area contributed by atoms with Crippen LogP contribution in [-0.2, 0) is 9.47 Å². The lowest BCUT2D eigenvalue weighted by Crippen LogP contribution is -1.96. The smallest absolute Gasteiger partial charge is 0.346 e. The van der Waals surface area contributed by atoms with Crippen LogP contribution in [0.4, 0.5) is 0 Å². The van der Waals surface area contributed by atoms with Gasteiger partial charge in [0.05, 0.1) is 16.7 Å². The predicted octanol–water partition coefficient (Wildman–Crippen LogP) is 4.46. The first-order chi connectivity index (χ1) is 14.5. The molecule has 0 aliphatic carbocycles. The van der Waals surface area contributed by atoms with Gasteiger partial charge in [-0.3, -0.25) is 0 Å². The van der Waals surface area contributed by atoms with Crippen LogP contribution in [0.15, 0.2) is 80.2 Å². The summed E-state index contributed by atoms with van der Waals surface area (Å²) in [4.78, 5) is 38.6. The van der Waals surface area contributed by atoms with Crippen molar-refractivity contribution in [2.24, 2.45) is 0 Å². The Hall–Kier alpha value is -3.07. The van der Waals surface area contributed by atoms with Gasteiger partial charge < -0.3 is 14.6 Å². The molecule has 6 nitrogen and oxygen atoms in total. The molecule has 1 N–H and O–H groups in total. The van der Waals surface area contributed by atoms with Crippen LogP contribution in [0.25, 0.3) is 0 Å². The molecular weight excluding hydrogens is 424 g/mol. The van der Waals surface area contributed by atoms with Crippen LogP contribution in [0, 0.1) is 0 Å². The van der Waals surface area contributed by atoms with Crippen molar-refractivity contribution in [2.45, 2.75) is 25.9 Å². The molecular formula is C22H12O6S2. The summed E-state index contributed by atoms with van der Waals surface area (Å²) in [7, 11) is 0. The molecule has 5 rings (SSSR count). The number of carbonyl (C=O) groups is 3. The van der Waals surface area contributed by atoms with Gasteiger partial charge in [0.15, 0.2) is 0 Å². The standard InChI is InChI=1S/C22H12O6S2/c23-19-15-6-4-13(9-17(15)21(25)27-19)29-11-2-1-3-12(8-11)30-14-5-7-16-18(10-14)22(26)28-20(16)24/h1-10,21,25H. The first-order valence-electron chi connectivity index (χ1n) is 8.87. The Morgan fingerprint density at radius 1 is 0.667 bits per heavy atom. The minimum atomic E-state index is -1.23. The average molecular weight is 436 g/mol. The van der Waals surface area contributed by atoms with Gasteiger partial charge in [-0.15, -0.1) is 0 Å². The lowest BCUT2D eigenvalue weighted by Gasteiger charge is -2.07. The van der Waals surface area contributed by atoms with Crippen molar-refractivity contribution in [1.29, 1.82) is 0 Å². The molecule has 0 fully saturated rings. The van der Waals surface area contributed by atoms with E-state index in [4.69, 9.17) is 4.74 Å². The molecule has 2 aliphatic rings. The van der Waals surface area contributed by atoms with Gasteiger partial charge in [-0.05, 0) is 54.6 Å². The second kappa shape index (κ2) is 7.32. The minimum Gasteiger partial charge on any atom is -0.428 e. The fourth-order valence-corrected chi connectivity index (χ4v) is 5.14. The maximum atomic E-state index is 11.8. The van der Waals surface area contributed by atoms with E-state index in [0.717, 1.165) is 19.6 Å². The summed E-state index contributed by atoms with van der Waals surface area (Å²) in [5.41, 5.74) is 1.42. The highest BCUT2D eigenvalue weighted by Gasteiger charge is 2.30. The van der Waals surface area contributed by atoms with E-state index in [1.165, 1.54) is 23.5 Å². The number of carbonyl (C=O) groups excluding carboxylic acids is 3. The van der Waals surface area contributed by atoms with Crippen LogP contribution < -0.4 is 0 Å². The van der Waals surface area contributed by atoms with Gasteiger partial charge in [-0.1, -0.05) is 29.6 Å². The second-order valence-corrected chi connectivity index (χ2v) is 8.86. The molecule has 148 valence electrons. The molecule has 0 bridgehead atoms. The molecule has 0 saturated carbocycles. The van der Waals surface area contributed by atoms with Crippen LogP contribution in [0.2, 0.25) is 0 Å². The summed E-state index contributed by atoms with van der Waals surface area (Å²) in [5.74, 6) is -1.76. The molecule has 3 aromatic carbocycles. The molecule has 0 spiro atoms. The summed E-state index contributed by atoms with van der Waals surface area (Å²) in [6.07, 6.45) is -1.23. The fourth-order valence-electron chi connectivity index (χ4n) is 3.22. The van der Waals surface area contributed by atoms with Crippen LogP contribution in [0.1, 0.15) is 42.9 Å². The second-order valence-electron chi connectivity index (χ2n) is 6.57. The van der Waals surface area contributed by atoms with Crippen molar-refractivity contribution < 1.29 is 29.0 Å². The van der Waals surface area contributed by atoms with Crippen molar-refractivity contribution >= 4 is 41.4 Å². The van der Waals surface area contributed by atoms with E-state index in [-0.39, 0.29) is 11.1 Å². The molecule has 0 amide bonds. The zero-order valence-corrected chi connectivity index (χ0v) is 16.8. The molecule has 0 saturated heterocycles. The lowest BCUT2D eigenvalue weighted by molar-refractivity contribution is -0.0548. The summed E-state index contributed by atoms with van der Waals surface area (Å²) in [6, 6.07) is 18.1. The maximum Gasteiger partial charge on any atom is 0.346 e. The summed E-state index contributed by atoms with van der Waals surface area (Å²) >= 11 is 2.96.